The van der Waals surface area contributed by atoms with Crippen LogP contribution in [0, 0.1) is 11.8 Å². The van der Waals surface area contributed by atoms with Gasteiger partial charge in [0.2, 0.25) is 0 Å². The molecule has 0 radical (unpaired) electrons. The number of anilines is 1. The molecule has 1 unspecified atom stereocenters. The fraction of sp³-hybridized carbons (Fsp3) is 0.714. The minimum Gasteiger partial charge on any atom is -0.382 e. The minimum absolute atomic E-state index is 0.214. The van der Waals surface area contributed by atoms with Crippen LogP contribution in [0.1, 0.15) is 20.3 Å². The van der Waals surface area contributed by atoms with Crippen molar-refractivity contribution in [3.63, 3.8) is 0 Å². The second-order valence-electron chi connectivity index (χ2n) is 6.05. The van der Waals surface area contributed by atoms with Crippen molar-refractivity contribution >= 4 is 17.3 Å². The molecular weight excluding hydrogens is 276 g/mol. The molecule has 0 aromatic carbocycles. The first-order chi connectivity index (χ1) is 9.47. The van der Waals surface area contributed by atoms with Gasteiger partial charge in [-0.3, -0.25) is 4.79 Å². The van der Waals surface area contributed by atoms with Crippen molar-refractivity contribution in [3.05, 3.63) is 21.6 Å². The number of halogens is 1. The standard InChI is InChI=1S/C14H23ClN4O/c1-10(2)8-19-14(20)13(15)12(7-17-19)16-6-11-4-5-18(3)9-11/h7,10-11,16H,4-6,8-9H2,1-3H3. The van der Waals surface area contributed by atoms with E-state index in [1.807, 2.05) is 13.8 Å². The summed E-state index contributed by atoms with van der Waals surface area (Å²) in [5, 5.41) is 7.69. The van der Waals surface area contributed by atoms with E-state index < -0.39 is 0 Å². The molecule has 6 heteroatoms. The van der Waals surface area contributed by atoms with Crippen molar-refractivity contribution < 1.29 is 0 Å². The Hall–Kier alpha value is -1.07. The van der Waals surface area contributed by atoms with E-state index in [0.717, 1.165) is 19.6 Å². The van der Waals surface area contributed by atoms with E-state index in [2.05, 4.69) is 22.4 Å². The number of aromatic nitrogens is 2. The van der Waals surface area contributed by atoms with Crippen molar-refractivity contribution in [2.24, 2.45) is 11.8 Å². The summed E-state index contributed by atoms with van der Waals surface area (Å²) in [5.41, 5.74) is 0.431. The highest BCUT2D eigenvalue weighted by atomic mass is 35.5. The molecule has 0 bridgehead atoms. The first-order valence-corrected chi connectivity index (χ1v) is 7.53. The van der Waals surface area contributed by atoms with Crippen molar-refractivity contribution in [2.45, 2.75) is 26.8 Å². The van der Waals surface area contributed by atoms with Crippen LogP contribution in [-0.2, 0) is 6.54 Å². The molecule has 1 fully saturated rings. The summed E-state index contributed by atoms with van der Waals surface area (Å²) >= 11 is 6.15. The normalized spacial score (nSPS) is 19.8. The largest absolute Gasteiger partial charge is 0.382 e. The van der Waals surface area contributed by atoms with Gasteiger partial charge in [-0.1, -0.05) is 25.4 Å². The summed E-state index contributed by atoms with van der Waals surface area (Å²) in [5.74, 6) is 0.971. The van der Waals surface area contributed by atoms with Crippen molar-refractivity contribution in [1.29, 1.82) is 0 Å². The summed E-state index contributed by atoms with van der Waals surface area (Å²) < 4.78 is 1.43. The van der Waals surface area contributed by atoms with Crippen molar-refractivity contribution in [1.82, 2.24) is 14.7 Å². The third-order valence-corrected chi connectivity index (χ3v) is 3.96. The lowest BCUT2D eigenvalue weighted by Gasteiger charge is -2.14. The molecule has 1 aliphatic heterocycles. The Kier molecular flexibility index (Phi) is 5.05. The van der Waals surface area contributed by atoms with Gasteiger partial charge in [-0.15, -0.1) is 0 Å². The van der Waals surface area contributed by atoms with E-state index >= 15 is 0 Å². The van der Waals surface area contributed by atoms with E-state index in [1.165, 1.54) is 11.1 Å². The predicted octanol–water partition coefficient (Wildman–Crippen LogP) is 1.92. The van der Waals surface area contributed by atoms with Crippen LogP contribution in [0.4, 0.5) is 5.69 Å². The summed E-state index contributed by atoms with van der Waals surface area (Å²) in [6.07, 6.45) is 2.84. The number of hydrogen-bond donors (Lipinski definition) is 1. The molecule has 112 valence electrons. The number of nitrogens with one attached hydrogen (secondary N) is 1. The summed E-state index contributed by atoms with van der Waals surface area (Å²) in [6, 6.07) is 0. The van der Waals surface area contributed by atoms with Gasteiger partial charge in [-0.05, 0) is 31.8 Å². The smallest absolute Gasteiger partial charge is 0.287 e. The SMILES string of the molecule is CC(C)Cn1ncc(NCC2CCN(C)C2)c(Cl)c1=O. The highest BCUT2D eigenvalue weighted by molar-refractivity contribution is 6.32. The Morgan fingerprint density at radius 2 is 2.30 bits per heavy atom. The van der Waals surface area contributed by atoms with Crippen LogP contribution in [-0.4, -0.2) is 41.4 Å². The van der Waals surface area contributed by atoms with E-state index in [1.54, 1.807) is 6.20 Å². The zero-order valence-electron chi connectivity index (χ0n) is 12.4. The molecule has 1 aliphatic rings. The molecule has 1 N–H and O–H groups in total. The molecule has 1 aromatic heterocycles. The van der Waals surface area contributed by atoms with Gasteiger partial charge < -0.3 is 10.2 Å². The Morgan fingerprint density at radius 3 is 2.90 bits per heavy atom. The number of nitrogens with zero attached hydrogens (tertiary/aromatic N) is 3. The summed E-state index contributed by atoms with van der Waals surface area (Å²) in [4.78, 5) is 14.4. The lowest BCUT2D eigenvalue weighted by molar-refractivity contribution is 0.399. The number of likely N-dealkylation sites (tertiary alicyclic amines) is 1. The van der Waals surface area contributed by atoms with Crippen molar-refractivity contribution in [2.75, 3.05) is 32.0 Å². The van der Waals surface area contributed by atoms with Gasteiger partial charge in [0.25, 0.3) is 5.56 Å². The molecule has 0 amide bonds. The molecule has 5 nitrogen and oxygen atoms in total. The third-order valence-electron chi connectivity index (χ3n) is 3.59. The lowest BCUT2D eigenvalue weighted by atomic mass is 10.1. The van der Waals surface area contributed by atoms with Gasteiger partial charge in [-0.25, -0.2) is 4.68 Å². The fourth-order valence-corrected chi connectivity index (χ4v) is 2.72. The Balaban J connectivity index is 2.02. The monoisotopic (exact) mass is 298 g/mol. The summed E-state index contributed by atoms with van der Waals surface area (Å²) in [6.45, 7) is 7.73. The lowest BCUT2D eigenvalue weighted by Crippen LogP contribution is -2.27. The van der Waals surface area contributed by atoms with Gasteiger partial charge in [0.05, 0.1) is 11.9 Å². The second kappa shape index (κ2) is 6.59. The van der Waals surface area contributed by atoms with E-state index in [0.29, 0.717) is 24.1 Å². The van der Waals surface area contributed by atoms with Gasteiger partial charge >= 0.3 is 0 Å². The average Bonchev–Trinajstić information content (AvgIpc) is 2.79. The highest BCUT2D eigenvalue weighted by Crippen LogP contribution is 2.19. The maximum absolute atomic E-state index is 12.1. The second-order valence-corrected chi connectivity index (χ2v) is 6.43. The molecule has 20 heavy (non-hydrogen) atoms. The highest BCUT2D eigenvalue weighted by Gasteiger charge is 2.19. The first kappa shape index (κ1) is 15.3. The first-order valence-electron chi connectivity index (χ1n) is 7.15. The minimum atomic E-state index is -0.214. The Bertz CT molecular complexity index is 514. The molecule has 2 rings (SSSR count). The molecular formula is C14H23ClN4O. The van der Waals surface area contributed by atoms with Crippen LogP contribution in [0.15, 0.2) is 11.0 Å². The molecule has 1 aromatic rings. The van der Waals surface area contributed by atoms with Crippen LogP contribution in [0.2, 0.25) is 5.02 Å². The zero-order chi connectivity index (χ0) is 14.7. The Labute approximate surface area is 124 Å². The molecule has 0 spiro atoms. The van der Waals surface area contributed by atoms with Crippen molar-refractivity contribution in [3.8, 4) is 0 Å². The third kappa shape index (κ3) is 3.73. The van der Waals surface area contributed by atoms with Crippen LogP contribution in [0.25, 0.3) is 0 Å². The molecule has 1 saturated heterocycles. The molecule has 1 atom stereocenters. The van der Waals surface area contributed by atoms with Gasteiger partial charge in [0.15, 0.2) is 0 Å². The van der Waals surface area contributed by atoms with Crippen LogP contribution in [0.3, 0.4) is 0 Å². The van der Waals surface area contributed by atoms with Crippen LogP contribution >= 0.6 is 11.6 Å². The van der Waals surface area contributed by atoms with Crippen LogP contribution in [0.5, 0.6) is 0 Å². The Morgan fingerprint density at radius 1 is 1.55 bits per heavy atom. The number of rotatable bonds is 5. The van der Waals surface area contributed by atoms with Gasteiger partial charge in [0.1, 0.15) is 5.02 Å². The average molecular weight is 299 g/mol. The molecule has 2 heterocycles. The van der Waals surface area contributed by atoms with E-state index in [4.69, 9.17) is 11.6 Å². The zero-order valence-corrected chi connectivity index (χ0v) is 13.2. The number of hydrogen-bond acceptors (Lipinski definition) is 4. The fourth-order valence-electron chi connectivity index (χ4n) is 2.51. The van der Waals surface area contributed by atoms with Gasteiger partial charge in [-0.2, -0.15) is 5.10 Å². The maximum Gasteiger partial charge on any atom is 0.287 e. The summed E-state index contributed by atoms with van der Waals surface area (Å²) in [7, 11) is 2.13. The molecule has 0 aliphatic carbocycles. The quantitative estimate of drug-likeness (QED) is 0.902. The van der Waals surface area contributed by atoms with Crippen LogP contribution < -0.4 is 10.9 Å². The van der Waals surface area contributed by atoms with Gasteiger partial charge in [0, 0.05) is 19.6 Å². The maximum atomic E-state index is 12.1. The van der Waals surface area contributed by atoms with E-state index in [-0.39, 0.29) is 10.6 Å². The topological polar surface area (TPSA) is 50.2 Å². The van der Waals surface area contributed by atoms with E-state index in [9.17, 15) is 4.79 Å². The predicted molar refractivity (Wildman–Crippen MR) is 82.4 cm³/mol. The molecule has 0 saturated carbocycles.